The second-order valence-corrected chi connectivity index (χ2v) is 7.58. The molecule has 2 aliphatic rings. The highest BCUT2D eigenvalue weighted by molar-refractivity contribution is 6.10. The Bertz CT molecular complexity index is 886. The van der Waals surface area contributed by atoms with Gasteiger partial charge in [-0.05, 0) is 31.2 Å². The van der Waals surface area contributed by atoms with Crippen molar-refractivity contribution in [1.29, 1.82) is 0 Å². The Hall–Kier alpha value is -3.17. The van der Waals surface area contributed by atoms with Gasteiger partial charge in [0.15, 0.2) is 5.75 Å². The largest absolute Gasteiger partial charge is 0.490 e. The number of hydrogen-bond acceptors (Lipinski definition) is 6. The first-order chi connectivity index (χ1) is 13.7. The molecule has 1 aliphatic carbocycles. The molecule has 2 N–H and O–H groups in total. The van der Waals surface area contributed by atoms with E-state index < -0.39 is 28.9 Å². The minimum Gasteiger partial charge on any atom is -0.490 e. The second-order valence-electron chi connectivity index (χ2n) is 7.58. The molecule has 29 heavy (non-hydrogen) atoms. The molecule has 2 atom stereocenters. The summed E-state index contributed by atoms with van der Waals surface area (Å²) in [5.74, 6) is -0.946. The lowest BCUT2D eigenvalue weighted by atomic mass is 9.73. The quantitative estimate of drug-likeness (QED) is 0.440. The van der Waals surface area contributed by atoms with Crippen LogP contribution in [0.25, 0.3) is 0 Å². The van der Waals surface area contributed by atoms with Crippen LogP contribution < -0.4 is 15.4 Å². The van der Waals surface area contributed by atoms with Crippen molar-refractivity contribution in [2.75, 3.05) is 19.0 Å². The summed E-state index contributed by atoms with van der Waals surface area (Å²) < 4.78 is 5.02. The highest BCUT2D eigenvalue weighted by Crippen LogP contribution is 2.38. The molecule has 1 saturated carbocycles. The number of amides is 4. The van der Waals surface area contributed by atoms with E-state index in [0.717, 1.165) is 24.2 Å². The summed E-state index contributed by atoms with van der Waals surface area (Å²) in [7, 11) is 1.29. The van der Waals surface area contributed by atoms with Crippen LogP contribution in [-0.4, -0.2) is 46.9 Å². The molecule has 0 aromatic heterocycles. The first kappa shape index (κ1) is 20.6. The van der Waals surface area contributed by atoms with E-state index in [2.05, 4.69) is 10.6 Å². The van der Waals surface area contributed by atoms with Gasteiger partial charge in [0.2, 0.25) is 5.91 Å². The molecule has 1 saturated heterocycles. The predicted molar refractivity (Wildman–Crippen MR) is 104 cm³/mol. The van der Waals surface area contributed by atoms with Gasteiger partial charge in [0.1, 0.15) is 12.1 Å². The van der Waals surface area contributed by atoms with Crippen LogP contribution in [0.5, 0.6) is 5.75 Å². The average Bonchev–Trinajstić information content (AvgIpc) is 2.90. The highest BCUT2D eigenvalue weighted by Gasteiger charge is 2.55. The third-order valence-corrected chi connectivity index (χ3v) is 5.80. The normalized spacial score (nSPS) is 23.8. The molecule has 1 heterocycles. The van der Waals surface area contributed by atoms with E-state index >= 15 is 0 Å². The monoisotopic (exact) mass is 404 g/mol. The van der Waals surface area contributed by atoms with Gasteiger partial charge < -0.3 is 15.4 Å². The molecule has 4 amide bonds. The number of hydrogen-bond donors (Lipinski definition) is 2. The number of carbonyl (C=O) groups excluding carboxylic acids is 3. The van der Waals surface area contributed by atoms with E-state index in [1.54, 1.807) is 6.92 Å². The topological polar surface area (TPSA) is 131 Å². The van der Waals surface area contributed by atoms with Crippen LogP contribution in [0, 0.1) is 23.0 Å². The zero-order valence-electron chi connectivity index (χ0n) is 16.6. The summed E-state index contributed by atoms with van der Waals surface area (Å²) in [6, 6.07) is 2.07. The molecule has 156 valence electrons. The maximum absolute atomic E-state index is 12.9. The third-order valence-electron chi connectivity index (χ3n) is 5.80. The molecule has 10 nitrogen and oxygen atoms in total. The predicted octanol–water partition coefficient (Wildman–Crippen LogP) is 2.35. The number of benzene rings is 1. The van der Waals surface area contributed by atoms with Gasteiger partial charge >= 0.3 is 11.7 Å². The molecule has 1 spiro atoms. The van der Waals surface area contributed by atoms with E-state index in [9.17, 15) is 24.5 Å². The summed E-state index contributed by atoms with van der Waals surface area (Å²) in [6.45, 7) is 3.11. The van der Waals surface area contributed by atoms with Crippen molar-refractivity contribution < 1.29 is 24.0 Å². The summed E-state index contributed by atoms with van der Waals surface area (Å²) >= 11 is 0. The van der Waals surface area contributed by atoms with Crippen molar-refractivity contribution in [2.24, 2.45) is 5.92 Å². The van der Waals surface area contributed by atoms with E-state index in [1.807, 2.05) is 6.92 Å². The van der Waals surface area contributed by atoms with Crippen LogP contribution in [0.3, 0.4) is 0 Å². The van der Waals surface area contributed by atoms with Gasteiger partial charge in [-0.1, -0.05) is 19.8 Å². The average molecular weight is 404 g/mol. The molecule has 3 rings (SSSR count). The standard InChI is InChI=1S/C19H24N4O6/c1-11-8-14(23(27)28)15(29-3)9-13(11)20-16(24)10-22-17(25)19(21-18(22)26)7-5-4-6-12(19)2/h8-9,12H,4-7,10H2,1-3H3,(H,20,24)(H,21,26)/t12-,19+/m0/s1. The highest BCUT2D eigenvalue weighted by atomic mass is 16.6. The van der Waals surface area contributed by atoms with Gasteiger partial charge in [0.25, 0.3) is 5.91 Å². The molecule has 1 aliphatic heterocycles. The van der Waals surface area contributed by atoms with Gasteiger partial charge in [-0.3, -0.25) is 24.6 Å². The van der Waals surface area contributed by atoms with Gasteiger partial charge in [-0.2, -0.15) is 0 Å². The van der Waals surface area contributed by atoms with Crippen molar-refractivity contribution in [2.45, 2.75) is 45.1 Å². The van der Waals surface area contributed by atoms with Crippen molar-refractivity contribution in [3.05, 3.63) is 27.8 Å². The SMILES string of the molecule is COc1cc(NC(=O)CN2C(=O)N[C@@]3(CCCC[C@@H]3C)C2=O)c(C)cc1[N+](=O)[O-]. The van der Waals surface area contributed by atoms with E-state index in [1.165, 1.54) is 19.2 Å². The number of nitro benzene ring substituents is 1. The molecule has 0 radical (unpaired) electrons. The minimum atomic E-state index is -0.928. The summed E-state index contributed by atoms with van der Waals surface area (Å²) in [6.07, 6.45) is 3.26. The molecule has 2 fully saturated rings. The van der Waals surface area contributed by atoms with Crippen LogP contribution in [0.4, 0.5) is 16.2 Å². The first-order valence-corrected chi connectivity index (χ1v) is 9.46. The number of nitrogens with one attached hydrogen (secondary N) is 2. The van der Waals surface area contributed by atoms with Crippen molar-refractivity contribution in [3.63, 3.8) is 0 Å². The van der Waals surface area contributed by atoms with Crippen LogP contribution in [0.15, 0.2) is 12.1 Å². The summed E-state index contributed by atoms with van der Waals surface area (Å²) in [4.78, 5) is 49.3. The Labute approximate surface area is 167 Å². The van der Waals surface area contributed by atoms with E-state index in [0.29, 0.717) is 17.7 Å². The lowest BCUT2D eigenvalue weighted by molar-refractivity contribution is -0.385. The van der Waals surface area contributed by atoms with Gasteiger partial charge in [-0.25, -0.2) is 4.79 Å². The lowest BCUT2D eigenvalue weighted by Gasteiger charge is -2.36. The van der Waals surface area contributed by atoms with Crippen LogP contribution in [0.2, 0.25) is 0 Å². The van der Waals surface area contributed by atoms with Crippen LogP contribution in [-0.2, 0) is 9.59 Å². The molecular weight excluding hydrogens is 380 g/mol. The molecule has 10 heteroatoms. The maximum Gasteiger partial charge on any atom is 0.325 e. The number of nitrogens with zero attached hydrogens (tertiary/aromatic N) is 2. The third kappa shape index (κ3) is 3.62. The fraction of sp³-hybridized carbons (Fsp3) is 0.526. The number of urea groups is 1. The van der Waals surface area contributed by atoms with Crippen molar-refractivity contribution in [3.8, 4) is 5.75 Å². The molecule has 0 unspecified atom stereocenters. The molecule has 1 aromatic carbocycles. The number of anilines is 1. The second kappa shape index (κ2) is 7.69. The summed E-state index contributed by atoms with van der Waals surface area (Å²) in [5, 5.41) is 16.5. The zero-order chi connectivity index (χ0) is 21.3. The number of aryl methyl sites for hydroxylation is 1. The van der Waals surface area contributed by atoms with Gasteiger partial charge in [0, 0.05) is 17.8 Å². The number of rotatable bonds is 5. The number of methoxy groups -OCH3 is 1. The van der Waals surface area contributed by atoms with Crippen LogP contribution in [0.1, 0.15) is 38.2 Å². The number of imide groups is 1. The fourth-order valence-electron chi connectivity index (χ4n) is 4.09. The van der Waals surface area contributed by atoms with E-state index in [4.69, 9.17) is 4.74 Å². The molecular formula is C19H24N4O6. The Kier molecular flexibility index (Phi) is 5.45. The Balaban J connectivity index is 1.75. The van der Waals surface area contributed by atoms with Crippen LogP contribution >= 0.6 is 0 Å². The maximum atomic E-state index is 12.9. The Morgan fingerprint density at radius 2 is 2.14 bits per heavy atom. The number of carbonyl (C=O) groups is 3. The lowest BCUT2D eigenvalue weighted by Crippen LogP contribution is -2.54. The minimum absolute atomic E-state index is 0.000810. The van der Waals surface area contributed by atoms with Crippen molar-refractivity contribution in [1.82, 2.24) is 10.2 Å². The zero-order valence-corrected chi connectivity index (χ0v) is 16.6. The Morgan fingerprint density at radius 3 is 2.76 bits per heavy atom. The fourth-order valence-corrected chi connectivity index (χ4v) is 4.09. The first-order valence-electron chi connectivity index (χ1n) is 9.46. The Morgan fingerprint density at radius 1 is 1.41 bits per heavy atom. The number of ether oxygens (including phenoxy) is 1. The summed E-state index contributed by atoms with van der Waals surface area (Å²) in [5.41, 5.74) is -0.377. The van der Waals surface area contributed by atoms with Gasteiger partial charge in [-0.15, -0.1) is 0 Å². The van der Waals surface area contributed by atoms with Crippen molar-refractivity contribution >= 4 is 29.2 Å². The molecule has 0 bridgehead atoms. The number of nitro groups is 1. The molecule has 1 aromatic rings. The smallest absolute Gasteiger partial charge is 0.325 e. The van der Waals surface area contributed by atoms with E-state index in [-0.39, 0.29) is 23.3 Å². The van der Waals surface area contributed by atoms with Gasteiger partial charge in [0.05, 0.1) is 12.0 Å².